The smallest absolute Gasteiger partial charge is 0.325 e. The van der Waals surface area contributed by atoms with Crippen LogP contribution in [0.5, 0.6) is 0 Å². The zero-order chi connectivity index (χ0) is 14.7. The summed E-state index contributed by atoms with van der Waals surface area (Å²) in [5.41, 5.74) is -0.0739. The Morgan fingerprint density at radius 2 is 2.30 bits per heavy atom. The lowest BCUT2D eigenvalue weighted by Gasteiger charge is -2.33. The monoisotopic (exact) mass is 349 g/mol. The number of esters is 1. The summed E-state index contributed by atoms with van der Waals surface area (Å²) in [4.78, 5) is 13.3. The molecule has 0 radical (unpaired) electrons. The highest BCUT2D eigenvalue weighted by atomic mass is 79.9. The van der Waals surface area contributed by atoms with Gasteiger partial charge in [-0.2, -0.15) is 0 Å². The molecule has 0 aliphatic carbocycles. The molecule has 0 bridgehead atoms. The van der Waals surface area contributed by atoms with Crippen LogP contribution in [0.3, 0.4) is 0 Å². The molecule has 7 heteroatoms. The van der Waals surface area contributed by atoms with E-state index in [-0.39, 0.29) is 23.2 Å². The number of ether oxygens (including phenoxy) is 2. The molecule has 0 aromatic heterocycles. The van der Waals surface area contributed by atoms with E-state index >= 15 is 0 Å². The van der Waals surface area contributed by atoms with Crippen molar-refractivity contribution in [1.29, 1.82) is 0 Å². The first kappa shape index (κ1) is 15.3. The Morgan fingerprint density at radius 3 is 3.00 bits per heavy atom. The zero-order valence-electron chi connectivity index (χ0n) is 10.9. The van der Waals surface area contributed by atoms with Crippen molar-refractivity contribution in [3.05, 3.63) is 33.8 Å². The van der Waals surface area contributed by atoms with E-state index in [0.29, 0.717) is 13.2 Å². The Morgan fingerprint density at radius 1 is 1.55 bits per heavy atom. The second-order valence-electron chi connectivity index (χ2n) is 4.41. The third-order valence-corrected chi connectivity index (χ3v) is 3.83. The molecule has 1 fully saturated rings. The molecule has 1 aromatic carbocycles. The Balaban J connectivity index is 2.23. The first-order valence-corrected chi connectivity index (χ1v) is 6.86. The Labute approximate surface area is 123 Å². The summed E-state index contributed by atoms with van der Waals surface area (Å²) in [5, 5.41) is 0. The first-order chi connectivity index (χ1) is 9.54. The molecule has 1 aromatic rings. The lowest BCUT2D eigenvalue weighted by atomic mass is 10.1. The van der Waals surface area contributed by atoms with Crippen LogP contribution in [0.1, 0.15) is 5.56 Å². The van der Waals surface area contributed by atoms with Crippen LogP contribution in [0.2, 0.25) is 0 Å². The van der Waals surface area contributed by atoms with Crippen molar-refractivity contribution < 1.29 is 23.0 Å². The summed E-state index contributed by atoms with van der Waals surface area (Å²) in [6.45, 7) is 0.958. The van der Waals surface area contributed by atoms with E-state index in [0.717, 1.165) is 0 Å². The zero-order valence-corrected chi connectivity index (χ0v) is 12.5. The molecule has 1 aliphatic heterocycles. The topological polar surface area (TPSA) is 38.8 Å². The molecule has 1 unspecified atom stereocenters. The number of nitrogens with zero attached hydrogens (tertiary/aromatic N) is 1. The second kappa shape index (κ2) is 6.60. The van der Waals surface area contributed by atoms with Gasteiger partial charge in [0.2, 0.25) is 0 Å². The number of hydrogen-bond donors (Lipinski definition) is 0. The fourth-order valence-electron chi connectivity index (χ4n) is 2.10. The van der Waals surface area contributed by atoms with Crippen LogP contribution in [-0.2, 0) is 20.8 Å². The summed E-state index contributed by atoms with van der Waals surface area (Å²) in [7, 11) is 1.27. The van der Waals surface area contributed by atoms with Crippen LogP contribution in [0, 0.1) is 11.6 Å². The van der Waals surface area contributed by atoms with Crippen molar-refractivity contribution in [3.63, 3.8) is 0 Å². The average molecular weight is 350 g/mol. The van der Waals surface area contributed by atoms with E-state index < -0.39 is 23.6 Å². The summed E-state index contributed by atoms with van der Waals surface area (Å²) < 4.78 is 37.8. The van der Waals surface area contributed by atoms with Gasteiger partial charge < -0.3 is 9.47 Å². The molecule has 0 spiro atoms. The van der Waals surface area contributed by atoms with E-state index in [4.69, 9.17) is 4.74 Å². The normalized spacial score (nSPS) is 19.9. The molecule has 110 valence electrons. The minimum absolute atomic E-state index is 0.0137. The summed E-state index contributed by atoms with van der Waals surface area (Å²) in [6, 6.07) is 1.85. The average Bonchev–Trinajstić information content (AvgIpc) is 2.47. The number of carbonyl (C=O) groups is 1. The summed E-state index contributed by atoms with van der Waals surface area (Å²) in [5.74, 6) is -1.76. The maximum atomic E-state index is 14.0. The standard InChI is InChI=1S/C13H14BrF2NO3/c1-19-13(18)11-7-20-5-4-17(11)6-8-10(15)3-2-9(14)12(8)16/h2-3,11H,4-7H2,1H3. The summed E-state index contributed by atoms with van der Waals surface area (Å²) in [6.07, 6.45) is 0. The fourth-order valence-corrected chi connectivity index (χ4v) is 2.47. The van der Waals surface area contributed by atoms with Gasteiger partial charge >= 0.3 is 5.97 Å². The second-order valence-corrected chi connectivity index (χ2v) is 5.26. The molecule has 0 amide bonds. The third-order valence-electron chi connectivity index (χ3n) is 3.21. The molecule has 1 atom stereocenters. The third kappa shape index (κ3) is 3.16. The minimum Gasteiger partial charge on any atom is -0.468 e. The SMILES string of the molecule is COC(=O)C1COCCN1Cc1c(F)ccc(Br)c1F. The largest absolute Gasteiger partial charge is 0.468 e. The van der Waals surface area contributed by atoms with Crippen molar-refractivity contribution in [2.45, 2.75) is 12.6 Å². The van der Waals surface area contributed by atoms with Crippen LogP contribution in [0.25, 0.3) is 0 Å². The van der Waals surface area contributed by atoms with Crippen LogP contribution in [-0.4, -0.2) is 43.8 Å². The molecule has 1 saturated heterocycles. The van der Waals surface area contributed by atoms with Crippen molar-refractivity contribution in [2.75, 3.05) is 26.9 Å². The number of morpholine rings is 1. The predicted octanol–water partition coefficient (Wildman–Crippen LogP) is 2.10. The summed E-state index contributed by atoms with van der Waals surface area (Å²) >= 11 is 3.03. The van der Waals surface area contributed by atoms with Gasteiger partial charge in [0.1, 0.15) is 17.7 Å². The van der Waals surface area contributed by atoms with Crippen LogP contribution in [0.15, 0.2) is 16.6 Å². The molecule has 0 saturated carbocycles. The molecule has 2 rings (SSSR count). The number of carbonyl (C=O) groups excluding carboxylic acids is 1. The lowest BCUT2D eigenvalue weighted by molar-refractivity contribution is -0.153. The molecule has 20 heavy (non-hydrogen) atoms. The van der Waals surface area contributed by atoms with Crippen LogP contribution < -0.4 is 0 Å². The van der Waals surface area contributed by atoms with Gasteiger partial charge in [0.25, 0.3) is 0 Å². The maximum Gasteiger partial charge on any atom is 0.325 e. The van der Waals surface area contributed by atoms with Crippen LogP contribution >= 0.6 is 15.9 Å². The molecule has 0 N–H and O–H groups in total. The van der Waals surface area contributed by atoms with Gasteiger partial charge in [-0.25, -0.2) is 8.78 Å². The molecular formula is C13H14BrF2NO3. The fraction of sp³-hybridized carbons (Fsp3) is 0.462. The highest BCUT2D eigenvalue weighted by Gasteiger charge is 2.31. The van der Waals surface area contributed by atoms with Crippen molar-refractivity contribution in [3.8, 4) is 0 Å². The molecule has 1 aliphatic rings. The van der Waals surface area contributed by atoms with Gasteiger partial charge in [-0.1, -0.05) is 0 Å². The number of halogens is 3. The highest BCUT2D eigenvalue weighted by molar-refractivity contribution is 9.10. The van der Waals surface area contributed by atoms with Gasteiger partial charge in [-0.3, -0.25) is 9.69 Å². The van der Waals surface area contributed by atoms with E-state index in [2.05, 4.69) is 20.7 Å². The number of benzene rings is 1. The van der Waals surface area contributed by atoms with Crippen molar-refractivity contribution in [1.82, 2.24) is 4.90 Å². The maximum absolute atomic E-state index is 14.0. The predicted molar refractivity (Wildman–Crippen MR) is 71.1 cm³/mol. The van der Waals surface area contributed by atoms with Gasteiger partial charge in [0, 0.05) is 18.7 Å². The van der Waals surface area contributed by atoms with E-state index in [1.807, 2.05) is 0 Å². The number of rotatable bonds is 3. The van der Waals surface area contributed by atoms with E-state index in [1.165, 1.54) is 19.2 Å². The minimum atomic E-state index is -0.653. The van der Waals surface area contributed by atoms with Crippen LogP contribution in [0.4, 0.5) is 8.78 Å². The molecule has 4 nitrogen and oxygen atoms in total. The Bertz CT molecular complexity index is 513. The quantitative estimate of drug-likeness (QED) is 0.618. The Hall–Kier alpha value is -1.05. The highest BCUT2D eigenvalue weighted by Crippen LogP contribution is 2.24. The van der Waals surface area contributed by atoms with Crippen molar-refractivity contribution >= 4 is 21.9 Å². The van der Waals surface area contributed by atoms with Gasteiger partial charge in [-0.05, 0) is 28.1 Å². The molecular weight excluding hydrogens is 336 g/mol. The first-order valence-electron chi connectivity index (χ1n) is 6.06. The molecule has 1 heterocycles. The van der Waals surface area contributed by atoms with E-state index in [9.17, 15) is 13.6 Å². The van der Waals surface area contributed by atoms with Gasteiger partial charge in [0.05, 0.1) is 24.8 Å². The van der Waals surface area contributed by atoms with Gasteiger partial charge in [0.15, 0.2) is 0 Å². The number of hydrogen-bond acceptors (Lipinski definition) is 4. The van der Waals surface area contributed by atoms with Crippen molar-refractivity contribution in [2.24, 2.45) is 0 Å². The van der Waals surface area contributed by atoms with Gasteiger partial charge in [-0.15, -0.1) is 0 Å². The Kier molecular flexibility index (Phi) is 5.06. The van der Waals surface area contributed by atoms with E-state index in [1.54, 1.807) is 4.90 Å². The number of methoxy groups -OCH3 is 1. The lowest BCUT2D eigenvalue weighted by Crippen LogP contribution is -2.50.